The number of alkyl halides is 3. The van der Waals surface area contributed by atoms with E-state index in [0.29, 0.717) is 6.07 Å². The average molecular weight is 328 g/mol. The Morgan fingerprint density at radius 1 is 1.33 bits per heavy atom. The smallest absolute Gasteiger partial charge is 0.389 e. The number of sulfonamides is 1. The molecule has 0 saturated heterocycles. The van der Waals surface area contributed by atoms with Gasteiger partial charge in [-0.25, -0.2) is 13.6 Å². The molecule has 0 aliphatic carbocycles. The molecule has 0 saturated carbocycles. The molecule has 7 nitrogen and oxygen atoms in total. The Morgan fingerprint density at radius 3 is 2.43 bits per heavy atom. The van der Waals surface area contributed by atoms with Gasteiger partial charge in [-0.15, -0.1) is 0 Å². The second-order valence-corrected chi connectivity index (χ2v) is 5.53. The molecule has 0 radical (unpaired) electrons. The highest BCUT2D eigenvalue weighted by Crippen LogP contribution is 2.28. The number of non-ortho nitro benzene ring substituents is 1. The molecule has 2 N–H and O–H groups in total. The Morgan fingerprint density at radius 2 is 1.95 bits per heavy atom. The van der Waals surface area contributed by atoms with Crippen molar-refractivity contribution in [3.8, 4) is 5.75 Å². The fourth-order valence-electron chi connectivity index (χ4n) is 1.41. The predicted octanol–water partition coefficient (Wildman–Crippen LogP) is 1.96. The summed E-state index contributed by atoms with van der Waals surface area (Å²) in [5.74, 6) is -0.328. The third-order valence-corrected chi connectivity index (χ3v) is 3.24. The lowest BCUT2D eigenvalue weighted by Gasteiger charge is -2.11. The first-order valence-corrected chi connectivity index (χ1v) is 7.06. The summed E-state index contributed by atoms with van der Waals surface area (Å²) < 4.78 is 63.4. The van der Waals surface area contributed by atoms with E-state index in [-0.39, 0.29) is 12.2 Å². The third-order valence-electron chi connectivity index (χ3n) is 2.31. The summed E-state index contributed by atoms with van der Waals surface area (Å²) in [6.45, 7) is -0.403. The van der Waals surface area contributed by atoms with Gasteiger partial charge in [-0.3, -0.25) is 10.1 Å². The number of rotatable bonds is 6. The zero-order chi connectivity index (χ0) is 16.3. The van der Waals surface area contributed by atoms with Crippen LogP contribution in [-0.4, -0.2) is 26.1 Å². The van der Waals surface area contributed by atoms with Gasteiger partial charge >= 0.3 is 6.18 Å². The van der Waals surface area contributed by atoms with E-state index in [1.807, 2.05) is 0 Å². The number of hydrogen-bond donors (Lipinski definition) is 1. The first-order valence-electron chi connectivity index (χ1n) is 5.51. The molecule has 0 aliphatic rings. The maximum absolute atomic E-state index is 11.9. The molecule has 1 rings (SSSR count). The van der Waals surface area contributed by atoms with E-state index in [1.54, 1.807) is 0 Å². The van der Waals surface area contributed by atoms with E-state index in [0.717, 1.165) is 12.1 Å². The van der Waals surface area contributed by atoms with Crippen LogP contribution in [0.4, 0.5) is 18.9 Å². The fraction of sp³-hybridized carbons (Fsp3) is 0.400. The van der Waals surface area contributed by atoms with Crippen molar-refractivity contribution in [1.29, 1.82) is 0 Å². The topological polar surface area (TPSA) is 113 Å². The predicted molar refractivity (Wildman–Crippen MR) is 65.3 cm³/mol. The first-order chi connectivity index (χ1) is 9.50. The Hall–Kier alpha value is -1.88. The molecule has 0 unspecified atom stereocenters. The molecule has 0 atom stereocenters. The standard InChI is InChI=1S/C10H11F3N2O5S/c11-10(12,13)4-1-5-20-8-3-2-7(15(16)17)6-9(8)21(14,18)19/h2-3,6H,1,4-5H2,(H2,14,18,19). The molecule has 0 aromatic heterocycles. The molecule has 0 aliphatic heterocycles. The highest BCUT2D eigenvalue weighted by atomic mass is 32.2. The van der Waals surface area contributed by atoms with Gasteiger partial charge in [0.05, 0.1) is 11.5 Å². The van der Waals surface area contributed by atoms with Gasteiger partial charge in [0, 0.05) is 18.6 Å². The lowest BCUT2D eigenvalue weighted by Crippen LogP contribution is -2.15. The van der Waals surface area contributed by atoms with Crippen molar-refractivity contribution in [2.24, 2.45) is 5.14 Å². The Kier molecular flexibility index (Phi) is 5.12. The summed E-state index contributed by atoms with van der Waals surface area (Å²) in [7, 11) is -4.31. The molecule has 118 valence electrons. The number of hydrogen-bond acceptors (Lipinski definition) is 5. The van der Waals surface area contributed by atoms with Gasteiger partial charge in [0.15, 0.2) is 0 Å². The summed E-state index contributed by atoms with van der Waals surface area (Å²) in [6.07, 6.45) is -5.82. The number of nitro groups is 1. The lowest BCUT2D eigenvalue weighted by molar-refractivity contribution is -0.385. The Balaban J connectivity index is 2.89. The van der Waals surface area contributed by atoms with Crippen LogP contribution < -0.4 is 9.88 Å². The van der Waals surface area contributed by atoms with Gasteiger partial charge in [-0.2, -0.15) is 13.2 Å². The van der Waals surface area contributed by atoms with E-state index in [9.17, 15) is 31.7 Å². The maximum Gasteiger partial charge on any atom is 0.389 e. The van der Waals surface area contributed by atoms with Gasteiger partial charge in [0.2, 0.25) is 10.0 Å². The molecule has 0 amide bonds. The van der Waals surface area contributed by atoms with E-state index in [4.69, 9.17) is 9.88 Å². The summed E-state index contributed by atoms with van der Waals surface area (Å²) >= 11 is 0. The summed E-state index contributed by atoms with van der Waals surface area (Å²) in [4.78, 5) is 9.09. The van der Waals surface area contributed by atoms with E-state index < -0.39 is 44.7 Å². The minimum atomic E-state index is -4.35. The van der Waals surface area contributed by atoms with Crippen molar-refractivity contribution >= 4 is 15.7 Å². The van der Waals surface area contributed by atoms with Gasteiger partial charge < -0.3 is 4.74 Å². The zero-order valence-electron chi connectivity index (χ0n) is 10.5. The summed E-state index contributed by atoms with van der Waals surface area (Å²) in [6, 6.07) is 2.63. The fourth-order valence-corrected chi connectivity index (χ4v) is 2.10. The number of benzene rings is 1. The molecular weight excluding hydrogens is 317 g/mol. The number of ether oxygens (including phenoxy) is 1. The monoisotopic (exact) mass is 328 g/mol. The Bertz CT molecular complexity index is 630. The van der Waals surface area contributed by atoms with Crippen molar-refractivity contribution in [1.82, 2.24) is 0 Å². The van der Waals surface area contributed by atoms with Crippen LogP contribution in [0.1, 0.15) is 12.8 Å². The van der Waals surface area contributed by atoms with Crippen LogP contribution in [0.3, 0.4) is 0 Å². The molecule has 1 aromatic rings. The number of nitrogens with zero attached hydrogens (tertiary/aromatic N) is 1. The van der Waals surface area contributed by atoms with Gasteiger partial charge in [0.25, 0.3) is 5.69 Å². The number of halogens is 3. The molecule has 0 heterocycles. The summed E-state index contributed by atoms with van der Waals surface area (Å²) in [5, 5.41) is 15.5. The van der Waals surface area contributed by atoms with Crippen LogP contribution in [0.5, 0.6) is 5.75 Å². The van der Waals surface area contributed by atoms with Crippen molar-refractivity contribution in [3.63, 3.8) is 0 Å². The maximum atomic E-state index is 11.9. The van der Waals surface area contributed by atoms with Crippen molar-refractivity contribution in [2.45, 2.75) is 23.9 Å². The van der Waals surface area contributed by atoms with Crippen LogP contribution in [0.2, 0.25) is 0 Å². The van der Waals surface area contributed by atoms with Crippen molar-refractivity contribution < 1.29 is 31.2 Å². The van der Waals surface area contributed by atoms with Gasteiger partial charge in [-0.1, -0.05) is 0 Å². The van der Waals surface area contributed by atoms with Gasteiger partial charge in [-0.05, 0) is 12.5 Å². The van der Waals surface area contributed by atoms with E-state index in [1.165, 1.54) is 0 Å². The minimum absolute atomic E-state index is 0.328. The van der Waals surface area contributed by atoms with Crippen LogP contribution in [0.15, 0.2) is 23.1 Å². The molecule has 0 bridgehead atoms. The van der Waals surface area contributed by atoms with Crippen LogP contribution in [-0.2, 0) is 10.0 Å². The minimum Gasteiger partial charge on any atom is -0.492 e. The highest BCUT2D eigenvalue weighted by molar-refractivity contribution is 7.89. The lowest BCUT2D eigenvalue weighted by atomic mass is 10.3. The largest absolute Gasteiger partial charge is 0.492 e. The average Bonchev–Trinajstić information content (AvgIpc) is 2.32. The molecule has 0 fully saturated rings. The second kappa shape index (κ2) is 6.26. The Labute approximate surface area is 117 Å². The van der Waals surface area contributed by atoms with Gasteiger partial charge in [0.1, 0.15) is 10.6 Å². The van der Waals surface area contributed by atoms with Crippen molar-refractivity contribution in [3.05, 3.63) is 28.3 Å². The molecule has 0 spiro atoms. The van der Waals surface area contributed by atoms with Crippen LogP contribution in [0.25, 0.3) is 0 Å². The second-order valence-electron chi connectivity index (χ2n) is 4.00. The highest BCUT2D eigenvalue weighted by Gasteiger charge is 2.26. The molecule has 21 heavy (non-hydrogen) atoms. The van der Waals surface area contributed by atoms with E-state index >= 15 is 0 Å². The number of nitrogens with two attached hydrogens (primary N) is 1. The molecular formula is C10H11F3N2O5S. The first kappa shape index (κ1) is 17.2. The molecule has 11 heteroatoms. The van der Waals surface area contributed by atoms with Crippen molar-refractivity contribution in [2.75, 3.05) is 6.61 Å². The normalized spacial score (nSPS) is 12.2. The summed E-state index contributed by atoms with van der Waals surface area (Å²) in [5.41, 5.74) is -0.526. The number of primary sulfonamides is 1. The van der Waals surface area contributed by atoms with Crippen LogP contribution >= 0.6 is 0 Å². The van der Waals surface area contributed by atoms with E-state index in [2.05, 4.69) is 0 Å². The zero-order valence-corrected chi connectivity index (χ0v) is 11.3. The van der Waals surface area contributed by atoms with Crippen LogP contribution in [0, 0.1) is 10.1 Å². The number of nitro benzene ring substituents is 1. The molecule has 1 aromatic carbocycles. The quantitative estimate of drug-likeness (QED) is 0.487. The third kappa shape index (κ3) is 5.55. The SMILES string of the molecule is NS(=O)(=O)c1cc([N+](=O)[O-])ccc1OCCCC(F)(F)F.